The van der Waals surface area contributed by atoms with Gasteiger partial charge in [0.25, 0.3) is 0 Å². The van der Waals surface area contributed by atoms with E-state index in [0.29, 0.717) is 25.2 Å². The Morgan fingerprint density at radius 3 is 3.04 bits per heavy atom. The van der Waals surface area contributed by atoms with Crippen LogP contribution in [0.15, 0.2) is 24.3 Å². The van der Waals surface area contributed by atoms with Gasteiger partial charge in [0.1, 0.15) is 0 Å². The van der Waals surface area contributed by atoms with Crippen LogP contribution in [0.2, 0.25) is 0 Å². The summed E-state index contributed by atoms with van der Waals surface area (Å²) >= 11 is 0. The number of allylic oxidation sites excluding steroid dienone is 1. The molecule has 0 aliphatic carbocycles. The zero-order valence-electron chi connectivity index (χ0n) is 14.7. The first-order chi connectivity index (χ1) is 11.4. The van der Waals surface area contributed by atoms with Crippen molar-refractivity contribution in [2.75, 3.05) is 19.7 Å². The zero-order chi connectivity index (χ0) is 17.6. The molecule has 2 unspecified atom stereocenters. The molecule has 1 aliphatic heterocycles. The lowest BCUT2D eigenvalue weighted by atomic mass is 9.96. The van der Waals surface area contributed by atoms with Crippen molar-refractivity contribution in [3.05, 3.63) is 29.8 Å². The van der Waals surface area contributed by atoms with E-state index in [9.17, 15) is 9.90 Å². The predicted molar refractivity (Wildman–Crippen MR) is 94.4 cm³/mol. The SMILES string of the molecule is CCOc1cc(/C=C/C(=O)CCC2(C)CNCC(C)O2)ccc1O. The molecule has 1 aliphatic rings. The number of morpholine rings is 1. The minimum atomic E-state index is -0.290. The van der Waals surface area contributed by atoms with E-state index in [1.165, 1.54) is 0 Å². The van der Waals surface area contributed by atoms with Crippen molar-refractivity contribution in [1.29, 1.82) is 0 Å². The van der Waals surface area contributed by atoms with Gasteiger partial charge >= 0.3 is 0 Å². The fourth-order valence-electron chi connectivity index (χ4n) is 2.82. The number of aromatic hydroxyl groups is 1. The van der Waals surface area contributed by atoms with Crippen LogP contribution in [0.3, 0.4) is 0 Å². The molecule has 5 heteroatoms. The Morgan fingerprint density at radius 1 is 1.54 bits per heavy atom. The average Bonchev–Trinajstić information content (AvgIpc) is 2.54. The number of carbonyl (C=O) groups excluding carboxylic acids is 1. The van der Waals surface area contributed by atoms with Crippen molar-refractivity contribution in [3.63, 3.8) is 0 Å². The van der Waals surface area contributed by atoms with E-state index in [1.807, 2.05) is 20.8 Å². The number of phenolic OH excluding ortho intramolecular Hbond substituents is 1. The summed E-state index contributed by atoms with van der Waals surface area (Å²) in [4.78, 5) is 12.1. The smallest absolute Gasteiger partial charge is 0.161 e. The highest BCUT2D eigenvalue weighted by Gasteiger charge is 2.31. The fraction of sp³-hybridized carbons (Fsp3) is 0.526. The molecule has 1 heterocycles. The van der Waals surface area contributed by atoms with E-state index in [0.717, 1.165) is 18.7 Å². The van der Waals surface area contributed by atoms with E-state index in [1.54, 1.807) is 30.4 Å². The summed E-state index contributed by atoms with van der Waals surface area (Å²) in [7, 11) is 0. The minimum absolute atomic E-state index is 0.0593. The van der Waals surface area contributed by atoms with E-state index >= 15 is 0 Å². The number of hydrogen-bond acceptors (Lipinski definition) is 5. The van der Waals surface area contributed by atoms with Crippen LogP contribution >= 0.6 is 0 Å². The van der Waals surface area contributed by atoms with Crippen molar-refractivity contribution in [2.24, 2.45) is 0 Å². The molecule has 0 radical (unpaired) electrons. The second-order valence-corrected chi connectivity index (χ2v) is 6.47. The topological polar surface area (TPSA) is 67.8 Å². The van der Waals surface area contributed by atoms with E-state index in [2.05, 4.69) is 5.32 Å². The molecule has 0 aromatic heterocycles. The monoisotopic (exact) mass is 333 g/mol. The fourth-order valence-corrected chi connectivity index (χ4v) is 2.82. The van der Waals surface area contributed by atoms with Crippen molar-refractivity contribution in [2.45, 2.75) is 45.3 Å². The lowest BCUT2D eigenvalue weighted by molar-refractivity contribution is -0.121. The normalized spacial score (nSPS) is 24.2. The quantitative estimate of drug-likeness (QED) is 0.751. The van der Waals surface area contributed by atoms with Gasteiger partial charge in [0.15, 0.2) is 17.3 Å². The molecular weight excluding hydrogens is 306 g/mol. The van der Waals surface area contributed by atoms with Crippen LogP contribution in [0, 0.1) is 0 Å². The molecule has 1 saturated heterocycles. The highest BCUT2D eigenvalue weighted by molar-refractivity contribution is 5.93. The predicted octanol–water partition coefficient (Wildman–Crippen LogP) is 2.92. The summed E-state index contributed by atoms with van der Waals surface area (Å²) in [5.41, 5.74) is 0.530. The average molecular weight is 333 g/mol. The summed E-state index contributed by atoms with van der Waals surface area (Å²) in [5, 5.41) is 13.0. The molecule has 0 amide bonds. The largest absolute Gasteiger partial charge is 0.504 e. The van der Waals surface area contributed by atoms with Gasteiger partial charge in [0.2, 0.25) is 0 Å². The molecule has 24 heavy (non-hydrogen) atoms. The third-order valence-corrected chi connectivity index (χ3v) is 4.06. The van der Waals surface area contributed by atoms with Gasteiger partial charge in [-0.2, -0.15) is 0 Å². The maximum atomic E-state index is 12.1. The second kappa shape index (κ2) is 8.31. The van der Waals surface area contributed by atoms with Crippen LogP contribution < -0.4 is 10.1 Å². The molecule has 5 nitrogen and oxygen atoms in total. The van der Waals surface area contributed by atoms with Gasteiger partial charge in [-0.1, -0.05) is 12.1 Å². The number of hydrogen-bond donors (Lipinski definition) is 2. The molecule has 2 rings (SSSR count). The number of benzene rings is 1. The molecule has 132 valence electrons. The van der Waals surface area contributed by atoms with Gasteiger partial charge in [-0.3, -0.25) is 4.79 Å². The minimum Gasteiger partial charge on any atom is -0.504 e. The number of ketones is 1. The highest BCUT2D eigenvalue weighted by Crippen LogP contribution is 2.27. The van der Waals surface area contributed by atoms with Gasteiger partial charge in [0, 0.05) is 19.5 Å². The van der Waals surface area contributed by atoms with Crippen molar-refractivity contribution < 1.29 is 19.4 Å². The Balaban J connectivity index is 1.90. The van der Waals surface area contributed by atoms with Crippen molar-refractivity contribution >= 4 is 11.9 Å². The Hall–Kier alpha value is -1.85. The summed E-state index contributed by atoms with van der Waals surface area (Å²) in [5.74, 6) is 0.587. The molecule has 0 spiro atoms. The van der Waals surface area contributed by atoms with Crippen LogP contribution in [0.5, 0.6) is 11.5 Å². The highest BCUT2D eigenvalue weighted by atomic mass is 16.5. The number of nitrogens with one attached hydrogen (secondary N) is 1. The number of carbonyl (C=O) groups is 1. The molecule has 0 saturated carbocycles. The maximum Gasteiger partial charge on any atom is 0.161 e. The third-order valence-electron chi connectivity index (χ3n) is 4.06. The molecule has 1 aromatic carbocycles. The number of phenols is 1. The lowest BCUT2D eigenvalue weighted by Crippen LogP contribution is -2.51. The molecule has 1 fully saturated rings. The van der Waals surface area contributed by atoms with Gasteiger partial charge < -0.3 is 19.9 Å². The van der Waals surface area contributed by atoms with Crippen molar-refractivity contribution in [1.82, 2.24) is 5.32 Å². The number of ether oxygens (including phenoxy) is 2. The van der Waals surface area contributed by atoms with Gasteiger partial charge in [-0.15, -0.1) is 0 Å². The summed E-state index contributed by atoms with van der Waals surface area (Å²) < 4.78 is 11.3. The Kier molecular flexibility index (Phi) is 6.40. The Morgan fingerprint density at radius 2 is 2.33 bits per heavy atom. The van der Waals surface area contributed by atoms with Gasteiger partial charge in [0.05, 0.1) is 18.3 Å². The summed E-state index contributed by atoms with van der Waals surface area (Å²) in [6.07, 6.45) is 4.62. The third kappa shape index (κ3) is 5.35. The van der Waals surface area contributed by atoms with Crippen LogP contribution in [0.4, 0.5) is 0 Å². The zero-order valence-corrected chi connectivity index (χ0v) is 14.7. The first-order valence-corrected chi connectivity index (χ1v) is 8.47. The van der Waals surface area contributed by atoms with E-state index in [4.69, 9.17) is 9.47 Å². The standard InChI is InChI=1S/C19H27NO4/c1-4-23-18-11-15(6-8-17(18)22)5-7-16(21)9-10-19(3)13-20-12-14(2)24-19/h5-8,11,14,20,22H,4,9-10,12-13H2,1-3H3/b7-5+. The molecular formula is C19H27NO4. The van der Waals surface area contributed by atoms with Crippen LogP contribution in [-0.2, 0) is 9.53 Å². The van der Waals surface area contributed by atoms with E-state index in [-0.39, 0.29) is 23.2 Å². The second-order valence-electron chi connectivity index (χ2n) is 6.47. The lowest BCUT2D eigenvalue weighted by Gasteiger charge is -2.38. The summed E-state index contributed by atoms with van der Waals surface area (Å²) in [6.45, 7) is 8.03. The number of rotatable bonds is 7. The molecule has 2 N–H and O–H groups in total. The van der Waals surface area contributed by atoms with Crippen molar-refractivity contribution in [3.8, 4) is 11.5 Å². The molecule has 0 bridgehead atoms. The van der Waals surface area contributed by atoms with Gasteiger partial charge in [-0.25, -0.2) is 0 Å². The van der Waals surface area contributed by atoms with Crippen LogP contribution in [0.1, 0.15) is 39.2 Å². The maximum absolute atomic E-state index is 12.1. The van der Waals surface area contributed by atoms with Crippen LogP contribution in [0.25, 0.3) is 6.08 Å². The summed E-state index contributed by atoms with van der Waals surface area (Å²) in [6, 6.07) is 5.04. The molecule has 2 atom stereocenters. The Bertz CT molecular complexity index is 599. The molecule has 1 aromatic rings. The van der Waals surface area contributed by atoms with E-state index < -0.39 is 0 Å². The Labute approximate surface area is 143 Å². The first-order valence-electron chi connectivity index (χ1n) is 8.47. The van der Waals surface area contributed by atoms with Gasteiger partial charge in [-0.05, 0) is 51.0 Å². The first kappa shape index (κ1) is 18.5. The van der Waals surface area contributed by atoms with Crippen LogP contribution in [-0.4, -0.2) is 42.3 Å².